The number of hydrogen-bond acceptors (Lipinski definition) is 3. The van der Waals surface area contributed by atoms with E-state index in [0.717, 1.165) is 11.3 Å². The number of benzene rings is 2. The van der Waals surface area contributed by atoms with E-state index in [-0.39, 0.29) is 24.7 Å². The van der Waals surface area contributed by atoms with Crippen molar-refractivity contribution in [3.8, 4) is 5.75 Å². The molecule has 25 heavy (non-hydrogen) atoms. The molecule has 132 valence electrons. The summed E-state index contributed by atoms with van der Waals surface area (Å²) in [6.45, 7) is 0.458. The Morgan fingerprint density at radius 3 is 2.32 bits per heavy atom. The van der Waals surface area contributed by atoms with E-state index in [9.17, 15) is 14.0 Å². The Balaban J connectivity index is 1.71. The van der Waals surface area contributed by atoms with Gasteiger partial charge in [-0.3, -0.25) is 9.59 Å². The summed E-state index contributed by atoms with van der Waals surface area (Å²) in [6, 6.07) is 13.7. The standard InChI is InChI=1S/C19H21FN2O3/c1-25-17-9-5-3-6-14(17)10-11-21-18(23)12-19(24)22-13-15-7-2-4-8-16(15)20/h2-9H,10-13H2,1H3,(H,21,23)(H,22,24). The lowest BCUT2D eigenvalue weighted by Crippen LogP contribution is -2.32. The molecule has 0 radical (unpaired) electrons. The fourth-order valence-corrected chi connectivity index (χ4v) is 2.35. The third kappa shape index (κ3) is 5.91. The highest BCUT2D eigenvalue weighted by molar-refractivity contribution is 5.96. The van der Waals surface area contributed by atoms with Crippen LogP contribution >= 0.6 is 0 Å². The van der Waals surface area contributed by atoms with Gasteiger partial charge in [0, 0.05) is 18.7 Å². The van der Waals surface area contributed by atoms with Crippen molar-refractivity contribution in [1.29, 1.82) is 0 Å². The normalized spacial score (nSPS) is 10.2. The predicted octanol–water partition coefficient (Wildman–Crippen LogP) is 2.20. The number of methoxy groups -OCH3 is 1. The van der Waals surface area contributed by atoms with Crippen LogP contribution in [0.25, 0.3) is 0 Å². The molecule has 0 fully saturated rings. The maximum Gasteiger partial charge on any atom is 0.229 e. The zero-order valence-corrected chi connectivity index (χ0v) is 14.0. The first-order chi connectivity index (χ1) is 12.1. The van der Waals surface area contributed by atoms with E-state index in [1.165, 1.54) is 6.07 Å². The van der Waals surface area contributed by atoms with Crippen LogP contribution < -0.4 is 15.4 Å². The highest BCUT2D eigenvalue weighted by Gasteiger charge is 2.10. The molecule has 0 heterocycles. The van der Waals surface area contributed by atoms with Gasteiger partial charge in [0.1, 0.15) is 18.0 Å². The van der Waals surface area contributed by atoms with Gasteiger partial charge in [-0.05, 0) is 24.1 Å². The Morgan fingerprint density at radius 2 is 1.60 bits per heavy atom. The minimum Gasteiger partial charge on any atom is -0.496 e. The average Bonchev–Trinajstić information content (AvgIpc) is 2.61. The van der Waals surface area contributed by atoms with Gasteiger partial charge >= 0.3 is 0 Å². The van der Waals surface area contributed by atoms with E-state index in [4.69, 9.17) is 4.74 Å². The van der Waals surface area contributed by atoms with E-state index < -0.39 is 5.91 Å². The molecule has 5 nitrogen and oxygen atoms in total. The molecule has 0 aliphatic rings. The van der Waals surface area contributed by atoms with Crippen LogP contribution in [-0.2, 0) is 22.6 Å². The van der Waals surface area contributed by atoms with Crippen molar-refractivity contribution in [2.75, 3.05) is 13.7 Å². The molecule has 0 aromatic heterocycles. The quantitative estimate of drug-likeness (QED) is 0.722. The molecule has 2 aromatic rings. The van der Waals surface area contributed by atoms with E-state index in [0.29, 0.717) is 18.5 Å². The van der Waals surface area contributed by atoms with E-state index in [1.807, 2.05) is 24.3 Å². The van der Waals surface area contributed by atoms with Gasteiger partial charge in [-0.2, -0.15) is 0 Å². The maximum absolute atomic E-state index is 13.5. The van der Waals surface area contributed by atoms with Crippen LogP contribution in [0.15, 0.2) is 48.5 Å². The molecule has 2 aromatic carbocycles. The van der Waals surface area contributed by atoms with Gasteiger partial charge in [0.2, 0.25) is 11.8 Å². The number of hydrogen-bond donors (Lipinski definition) is 2. The largest absolute Gasteiger partial charge is 0.496 e. The second-order valence-corrected chi connectivity index (χ2v) is 5.46. The van der Waals surface area contributed by atoms with Gasteiger partial charge in [0.15, 0.2) is 0 Å². The molecule has 0 aliphatic carbocycles. The fourth-order valence-electron chi connectivity index (χ4n) is 2.35. The highest BCUT2D eigenvalue weighted by Crippen LogP contribution is 2.17. The van der Waals surface area contributed by atoms with E-state index in [2.05, 4.69) is 10.6 Å². The van der Waals surface area contributed by atoms with Crippen molar-refractivity contribution in [3.05, 3.63) is 65.5 Å². The van der Waals surface area contributed by atoms with Gasteiger partial charge in [-0.1, -0.05) is 36.4 Å². The summed E-state index contributed by atoms with van der Waals surface area (Å²) in [4.78, 5) is 23.6. The van der Waals surface area contributed by atoms with Gasteiger partial charge in [-0.15, -0.1) is 0 Å². The first-order valence-electron chi connectivity index (χ1n) is 7.99. The van der Waals surface area contributed by atoms with Crippen LogP contribution in [0.5, 0.6) is 5.75 Å². The Bertz CT molecular complexity index is 734. The van der Waals surface area contributed by atoms with Crippen LogP contribution in [0.1, 0.15) is 17.5 Å². The molecule has 0 bridgehead atoms. The minimum atomic E-state index is -0.446. The van der Waals surface area contributed by atoms with Gasteiger partial charge in [0.25, 0.3) is 0 Å². The summed E-state index contributed by atoms with van der Waals surface area (Å²) in [5, 5.41) is 5.23. The zero-order chi connectivity index (χ0) is 18.1. The first-order valence-corrected chi connectivity index (χ1v) is 7.99. The lowest BCUT2D eigenvalue weighted by molar-refractivity contribution is -0.129. The molecule has 0 atom stereocenters. The highest BCUT2D eigenvalue weighted by atomic mass is 19.1. The number of ether oxygens (including phenoxy) is 1. The van der Waals surface area contributed by atoms with Gasteiger partial charge in [0.05, 0.1) is 7.11 Å². The molecule has 0 saturated heterocycles. The van der Waals surface area contributed by atoms with Crippen molar-refractivity contribution in [1.82, 2.24) is 10.6 Å². The summed E-state index contributed by atoms with van der Waals surface area (Å²) in [5.74, 6) is -0.442. The summed E-state index contributed by atoms with van der Waals surface area (Å²) >= 11 is 0. The Hall–Kier alpha value is -2.89. The molecule has 2 amide bonds. The van der Waals surface area contributed by atoms with E-state index in [1.54, 1.807) is 25.3 Å². The number of halogens is 1. The van der Waals surface area contributed by atoms with Crippen LogP contribution in [-0.4, -0.2) is 25.5 Å². The molecule has 2 rings (SSSR count). The van der Waals surface area contributed by atoms with Crippen LogP contribution in [0.2, 0.25) is 0 Å². The van der Waals surface area contributed by atoms with Crippen LogP contribution in [0.4, 0.5) is 4.39 Å². The number of nitrogens with one attached hydrogen (secondary N) is 2. The molecule has 0 spiro atoms. The Labute approximate surface area is 146 Å². The van der Waals surface area contributed by atoms with Crippen molar-refractivity contribution in [3.63, 3.8) is 0 Å². The summed E-state index contributed by atoms with van der Waals surface area (Å²) in [7, 11) is 1.59. The molecule has 0 aliphatic heterocycles. The van der Waals surface area contributed by atoms with Crippen LogP contribution in [0.3, 0.4) is 0 Å². The van der Waals surface area contributed by atoms with Crippen molar-refractivity contribution >= 4 is 11.8 Å². The number of carbonyl (C=O) groups excluding carboxylic acids is 2. The van der Waals surface area contributed by atoms with Gasteiger partial charge in [-0.25, -0.2) is 4.39 Å². The number of amides is 2. The number of carbonyl (C=O) groups is 2. The molecular weight excluding hydrogens is 323 g/mol. The molecule has 0 unspecified atom stereocenters. The van der Waals surface area contributed by atoms with Crippen LogP contribution in [0, 0.1) is 5.82 Å². The lowest BCUT2D eigenvalue weighted by Gasteiger charge is -2.09. The lowest BCUT2D eigenvalue weighted by atomic mass is 10.1. The first kappa shape index (κ1) is 18.4. The Kier molecular flexibility index (Phi) is 6.95. The van der Waals surface area contributed by atoms with E-state index >= 15 is 0 Å². The zero-order valence-electron chi connectivity index (χ0n) is 14.0. The van der Waals surface area contributed by atoms with Gasteiger partial charge < -0.3 is 15.4 Å². The van der Waals surface area contributed by atoms with Crippen molar-refractivity contribution in [2.24, 2.45) is 0 Å². The monoisotopic (exact) mass is 344 g/mol. The fraction of sp³-hybridized carbons (Fsp3) is 0.263. The summed E-state index contributed by atoms with van der Waals surface area (Å²) < 4.78 is 18.7. The minimum absolute atomic E-state index is 0.0556. The second kappa shape index (κ2) is 9.42. The molecule has 2 N–H and O–H groups in total. The SMILES string of the molecule is COc1ccccc1CCNC(=O)CC(=O)NCc1ccccc1F. The molecular formula is C19H21FN2O3. The maximum atomic E-state index is 13.5. The topological polar surface area (TPSA) is 67.4 Å². The Morgan fingerprint density at radius 1 is 0.960 bits per heavy atom. The summed E-state index contributed by atoms with van der Waals surface area (Å²) in [5.41, 5.74) is 1.36. The number of rotatable bonds is 8. The average molecular weight is 344 g/mol. The molecule has 0 saturated carbocycles. The predicted molar refractivity (Wildman–Crippen MR) is 92.6 cm³/mol. The second-order valence-electron chi connectivity index (χ2n) is 5.46. The number of para-hydroxylation sites is 1. The molecule has 6 heteroatoms. The van der Waals surface area contributed by atoms with Crippen molar-refractivity contribution in [2.45, 2.75) is 19.4 Å². The smallest absolute Gasteiger partial charge is 0.229 e. The summed E-state index contributed by atoms with van der Waals surface area (Å²) in [6.07, 6.45) is 0.312. The third-order valence-electron chi connectivity index (χ3n) is 3.66. The van der Waals surface area contributed by atoms with Crippen molar-refractivity contribution < 1.29 is 18.7 Å². The third-order valence-corrected chi connectivity index (χ3v) is 3.66.